The van der Waals surface area contributed by atoms with E-state index in [0.29, 0.717) is 11.7 Å². The molecule has 110 valence electrons. The van der Waals surface area contributed by atoms with Crippen LogP contribution in [-0.4, -0.2) is 29.9 Å². The summed E-state index contributed by atoms with van der Waals surface area (Å²) in [6.07, 6.45) is 4.75. The molecule has 0 saturated heterocycles. The van der Waals surface area contributed by atoms with Crippen LogP contribution in [0.1, 0.15) is 32.6 Å². The molecule has 1 aromatic rings. The van der Waals surface area contributed by atoms with Crippen molar-refractivity contribution in [2.75, 3.05) is 18.1 Å². The Labute approximate surface area is 119 Å². The van der Waals surface area contributed by atoms with Crippen molar-refractivity contribution in [2.45, 2.75) is 44.7 Å². The van der Waals surface area contributed by atoms with E-state index in [0.717, 1.165) is 12.8 Å². The van der Waals surface area contributed by atoms with Crippen LogP contribution in [0.2, 0.25) is 0 Å². The fourth-order valence-electron chi connectivity index (χ4n) is 2.70. The lowest BCUT2D eigenvalue weighted by atomic mass is 10.1. The average molecular weight is 279 g/mol. The van der Waals surface area contributed by atoms with Crippen molar-refractivity contribution in [1.82, 2.24) is 4.90 Å². The summed E-state index contributed by atoms with van der Waals surface area (Å²) in [7, 11) is 1.98. The lowest BCUT2D eigenvalue weighted by Crippen LogP contribution is -2.44. The third kappa shape index (κ3) is 3.28. The summed E-state index contributed by atoms with van der Waals surface area (Å²) in [6, 6.07) is 4.23. The molecule has 0 aliphatic heterocycles. The van der Waals surface area contributed by atoms with Crippen LogP contribution in [0, 0.1) is 5.82 Å². The molecule has 1 saturated carbocycles. The monoisotopic (exact) mass is 279 g/mol. The van der Waals surface area contributed by atoms with Crippen LogP contribution in [0.25, 0.3) is 0 Å². The van der Waals surface area contributed by atoms with E-state index < -0.39 is 5.82 Å². The molecule has 1 aliphatic rings. The summed E-state index contributed by atoms with van der Waals surface area (Å²) in [4.78, 5) is 14.4. The van der Waals surface area contributed by atoms with Crippen molar-refractivity contribution in [3.63, 3.8) is 0 Å². The highest BCUT2D eigenvalue weighted by Crippen LogP contribution is 2.25. The van der Waals surface area contributed by atoms with Crippen molar-refractivity contribution in [3.8, 4) is 0 Å². The van der Waals surface area contributed by atoms with Gasteiger partial charge in [0.15, 0.2) is 0 Å². The molecule has 0 aromatic heterocycles. The van der Waals surface area contributed by atoms with Crippen molar-refractivity contribution >= 4 is 17.3 Å². The lowest BCUT2D eigenvalue weighted by Gasteiger charge is -2.29. The Bertz CT molecular complexity index is 486. The smallest absolute Gasteiger partial charge is 0.241 e. The minimum Gasteiger partial charge on any atom is -0.397 e. The number of nitrogens with two attached hydrogens (primary N) is 1. The van der Waals surface area contributed by atoms with Gasteiger partial charge < -0.3 is 11.1 Å². The Morgan fingerprint density at radius 3 is 2.70 bits per heavy atom. The predicted molar refractivity (Wildman–Crippen MR) is 78.9 cm³/mol. The van der Waals surface area contributed by atoms with E-state index in [9.17, 15) is 9.18 Å². The van der Waals surface area contributed by atoms with Crippen molar-refractivity contribution in [1.29, 1.82) is 0 Å². The number of carbonyl (C=O) groups is 1. The maximum absolute atomic E-state index is 13.0. The second kappa shape index (κ2) is 6.22. The molecular formula is C15H22FN3O. The van der Waals surface area contributed by atoms with Gasteiger partial charge in [-0.15, -0.1) is 0 Å². The van der Waals surface area contributed by atoms with E-state index in [4.69, 9.17) is 5.73 Å². The van der Waals surface area contributed by atoms with Gasteiger partial charge in [0.05, 0.1) is 17.4 Å². The number of carbonyl (C=O) groups excluding carboxylic acids is 1. The summed E-state index contributed by atoms with van der Waals surface area (Å²) in [5.74, 6) is -0.519. The molecule has 4 nitrogen and oxygen atoms in total. The number of hydrogen-bond acceptors (Lipinski definition) is 3. The fourth-order valence-corrected chi connectivity index (χ4v) is 2.70. The molecule has 1 amide bonds. The highest BCUT2D eigenvalue weighted by molar-refractivity contribution is 5.97. The molecule has 3 N–H and O–H groups in total. The van der Waals surface area contributed by atoms with E-state index in [1.165, 1.54) is 31.0 Å². The van der Waals surface area contributed by atoms with E-state index >= 15 is 0 Å². The number of rotatable bonds is 4. The van der Waals surface area contributed by atoms with Crippen molar-refractivity contribution in [3.05, 3.63) is 24.0 Å². The van der Waals surface area contributed by atoms with Gasteiger partial charge in [0, 0.05) is 6.04 Å². The SMILES string of the molecule is CC(C(=O)Nc1ccc(F)cc1N)N(C)C1CCCC1. The minimum absolute atomic E-state index is 0.113. The number of likely N-dealkylation sites (N-methyl/N-ethyl adjacent to an activating group) is 1. The number of anilines is 2. The Morgan fingerprint density at radius 1 is 1.45 bits per heavy atom. The maximum Gasteiger partial charge on any atom is 0.241 e. The van der Waals surface area contributed by atoms with Crippen LogP contribution in [0.3, 0.4) is 0 Å². The molecule has 0 radical (unpaired) electrons. The second-order valence-electron chi connectivity index (χ2n) is 5.50. The van der Waals surface area contributed by atoms with Gasteiger partial charge in [-0.3, -0.25) is 9.69 Å². The molecule has 0 heterocycles. The minimum atomic E-state index is -0.406. The van der Waals surface area contributed by atoms with E-state index in [-0.39, 0.29) is 17.6 Å². The summed E-state index contributed by atoms with van der Waals surface area (Å²) in [6.45, 7) is 1.88. The van der Waals surface area contributed by atoms with Gasteiger partial charge in [0.2, 0.25) is 5.91 Å². The Balaban J connectivity index is 1.99. The molecular weight excluding hydrogens is 257 g/mol. The highest BCUT2D eigenvalue weighted by Gasteiger charge is 2.27. The van der Waals surface area contributed by atoms with Crippen molar-refractivity contribution in [2.24, 2.45) is 0 Å². The van der Waals surface area contributed by atoms with Crippen LogP contribution in [0.5, 0.6) is 0 Å². The summed E-state index contributed by atoms with van der Waals surface area (Å²) in [5, 5.41) is 2.77. The average Bonchev–Trinajstić information content (AvgIpc) is 2.94. The van der Waals surface area contributed by atoms with Gasteiger partial charge in [-0.25, -0.2) is 4.39 Å². The number of nitrogens with one attached hydrogen (secondary N) is 1. The summed E-state index contributed by atoms with van der Waals surface area (Å²) >= 11 is 0. The van der Waals surface area contributed by atoms with Gasteiger partial charge in [0.25, 0.3) is 0 Å². The van der Waals surface area contributed by atoms with Gasteiger partial charge in [0.1, 0.15) is 5.82 Å². The molecule has 0 bridgehead atoms. The summed E-state index contributed by atoms with van der Waals surface area (Å²) in [5.41, 5.74) is 6.41. The molecule has 1 aromatic carbocycles. The zero-order valence-corrected chi connectivity index (χ0v) is 12.0. The van der Waals surface area contributed by atoms with E-state index in [1.54, 1.807) is 0 Å². The Hall–Kier alpha value is -1.62. The van der Waals surface area contributed by atoms with Gasteiger partial charge in [-0.2, -0.15) is 0 Å². The van der Waals surface area contributed by atoms with Gasteiger partial charge in [-0.1, -0.05) is 12.8 Å². The van der Waals surface area contributed by atoms with Crippen molar-refractivity contribution < 1.29 is 9.18 Å². The topological polar surface area (TPSA) is 58.4 Å². The third-order valence-corrected chi connectivity index (χ3v) is 4.16. The molecule has 1 aliphatic carbocycles. The Morgan fingerprint density at radius 2 is 2.10 bits per heavy atom. The number of nitrogens with zero attached hydrogens (tertiary/aromatic N) is 1. The number of halogens is 1. The normalized spacial score (nSPS) is 17.4. The van der Waals surface area contributed by atoms with Crippen LogP contribution in [0.4, 0.5) is 15.8 Å². The fraction of sp³-hybridized carbons (Fsp3) is 0.533. The number of hydrogen-bond donors (Lipinski definition) is 2. The van der Waals surface area contributed by atoms with Crippen LogP contribution >= 0.6 is 0 Å². The molecule has 1 fully saturated rings. The highest BCUT2D eigenvalue weighted by atomic mass is 19.1. The largest absolute Gasteiger partial charge is 0.397 e. The van der Waals surface area contributed by atoms with Gasteiger partial charge in [-0.05, 0) is 45.0 Å². The number of amides is 1. The van der Waals surface area contributed by atoms with Gasteiger partial charge >= 0.3 is 0 Å². The van der Waals surface area contributed by atoms with Crippen LogP contribution in [-0.2, 0) is 4.79 Å². The first-order chi connectivity index (χ1) is 9.49. The Kier molecular flexibility index (Phi) is 4.60. The maximum atomic E-state index is 13.0. The van der Waals surface area contributed by atoms with Crippen LogP contribution in [0.15, 0.2) is 18.2 Å². The molecule has 20 heavy (non-hydrogen) atoms. The second-order valence-corrected chi connectivity index (χ2v) is 5.50. The first-order valence-corrected chi connectivity index (χ1v) is 7.07. The number of benzene rings is 1. The number of nitrogen functional groups attached to an aromatic ring is 1. The molecule has 2 rings (SSSR count). The van der Waals surface area contributed by atoms with E-state index in [1.807, 2.05) is 14.0 Å². The predicted octanol–water partition coefficient (Wildman–Crippen LogP) is 2.61. The standard InChI is InChI=1S/C15H22FN3O/c1-10(19(2)12-5-3-4-6-12)15(20)18-14-8-7-11(16)9-13(14)17/h7-10,12H,3-6,17H2,1-2H3,(H,18,20). The quantitative estimate of drug-likeness (QED) is 0.833. The summed E-state index contributed by atoms with van der Waals surface area (Å²) < 4.78 is 13.0. The molecule has 5 heteroatoms. The molecule has 0 spiro atoms. The van der Waals surface area contributed by atoms with Crippen LogP contribution < -0.4 is 11.1 Å². The molecule has 1 atom stereocenters. The van der Waals surface area contributed by atoms with E-state index in [2.05, 4.69) is 10.2 Å². The zero-order chi connectivity index (χ0) is 14.7. The molecule has 1 unspecified atom stereocenters. The third-order valence-electron chi connectivity index (χ3n) is 4.16. The first kappa shape index (κ1) is 14.8. The zero-order valence-electron chi connectivity index (χ0n) is 12.0. The lowest BCUT2D eigenvalue weighted by molar-refractivity contribution is -0.121. The first-order valence-electron chi connectivity index (χ1n) is 7.07.